The highest BCUT2D eigenvalue weighted by Crippen LogP contribution is 2.20. The maximum atomic E-state index is 12.9. The molecule has 2 aromatic rings. The summed E-state index contributed by atoms with van der Waals surface area (Å²) in [5, 5.41) is 20.3. The molecule has 164 valence electrons. The predicted octanol–water partition coefficient (Wildman–Crippen LogP) is 2.44. The fourth-order valence-corrected chi connectivity index (χ4v) is 3.57. The standard InChI is InChI=1S/C22H25ClN4O4/c1-13-10-16(6-7-17(13)23)26-20(28)18(8-9-24-22(30)31)27-21(29)19-11-14-4-2-3-5-15(14)12-25-19/h2-7,10,18-19,24-25H,8-9,11-12H2,1H3,(H,26,28)(H,27,29)(H,30,31). The molecule has 0 radical (unpaired) electrons. The Balaban J connectivity index is 1.67. The third kappa shape index (κ3) is 6.19. The number of halogens is 1. The van der Waals surface area contributed by atoms with E-state index in [9.17, 15) is 14.4 Å². The van der Waals surface area contributed by atoms with E-state index in [0.717, 1.165) is 16.7 Å². The van der Waals surface area contributed by atoms with Crippen LogP contribution in [-0.2, 0) is 22.6 Å². The van der Waals surface area contributed by atoms with Gasteiger partial charge in [0, 0.05) is 23.8 Å². The van der Waals surface area contributed by atoms with Gasteiger partial charge in [-0.05, 0) is 54.7 Å². The minimum atomic E-state index is -1.19. The van der Waals surface area contributed by atoms with Crippen LogP contribution in [0.4, 0.5) is 10.5 Å². The van der Waals surface area contributed by atoms with E-state index in [2.05, 4.69) is 21.3 Å². The van der Waals surface area contributed by atoms with E-state index in [1.165, 1.54) is 0 Å². The lowest BCUT2D eigenvalue weighted by Crippen LogP contribution is -2.53. The van der Waals surface area contributed by atoms with Gasteiger partial charge in [-0.2, -0.15) is 0 Å². The zero-order valence-electron chi connectivity index (χ0n) is 17.1. The van der Waals surface area contributed by atoms with Crippen LogP contribution in [0, 0.1) is 6.92 Å². The number of anilines is 1. The lowest BCUT2D eigenvalue weighted by molar-refractivity contribution is -0.128. The van der Waals surface area contributed by atoms with Gasteiger partial charge >= 0.3 is 6.09 Å². The zero-order valence-corrected chi connectivity index (χ0v) is 17.8. The number of hydrogen-bond acceptors (Lipinski definition) is 4. The fraction of sp³-hybridized carbons (Fsp3) is 0.318. The highest BCUT2D eigenvalue weighted by molar-refractivity contribution is 6.31. The number of carbonyl (C=O) groups is 3. The topological polar surface area (TPSA) is 120 Å². The maximum absolute atomic E-state index is 12.9. The first-order chi connectivity index (χ1) is 14.8. The number of amides is 3. The Bertz CT molecular complexity index is 982. The predicted molar refractivity (Wildman–Crippen MR) is 118 cm³/mol. The van der Waals surface area contributed by atoms with Crippen LogP contribution in [0.2, 0.25) is 5.02 Å². The molecule has 2 unspecified atom stereocenters. The van der Waals surface area contributed by atoms with Crippen LogP contribution in [0.1, 0.15) is 23.1 Å². The van der Waals surface area contributed by atoms with Gasteiger partial charge in [-0.15, -0.1) is 0 Å². The lowest BCUT2D eigenvalue weighted by Gasteiger charge is -2.27. The van der Waals surface area contributed by atoms with E-state index < -0.39 is 24.1 Å². The summed E-state index contributed by atoms with van der Waals surface area (Å²) in [5.74, 6) is -0.740. The molecule has 0 fully saturated rings. The Morgan fingerprint density at radius 2 is 1.94 bits per heavy atom. The number of carbonyl (C=O) groups excluding carboxylic acids is 2. The Labute approximate surface area is 185 Å². The number of aryl methyl sites for hydroxylation is 1. The number of fused-ring (bicyclic) bond motifs is 1. The first-order valence-corrected chi connectivity index (χ1v) is 10.4. The molecule has 1 aliphatic heterocycles. The van der Waals surface area contributed by atoms with E-state index >= 15 is 0 Å². The van der Waals surface area contributed by atoms with Crippen LogP contribution >= 0.6 is 11.6 Å². The summed E-state index contributed by atoms with van der Waals surface area (Å²) >= 11 is 6.03. The molecular weight excluding hydrogens is 420 g/mol. The Morgan fingerprint density at radius 1 is 1.19 bits per heavy atom. The molecule has 5 N–H and O–H groups in total. The van der Waals surface area contributed by atoms with Crippen LogP contribution in [0.25, 0.3) is 0 Å². The molecule has 1 heterocycles. The Morgan fingerprint density at radius 3 is 2.65 bits per heavy atom. The molecule has 0 aliphatic carbocycles. The second-order valence-electron chi connectivity index (χ2n) is 7.44. The first-order valence-electron chi connectivity index (χ1n) is 9.98. The normalized spacial score (nSPS) is 16.0. The average molecular weight is 445 g/mol. The van der Waals surface area contributed by atoms with Crippen molar-refractivity contribution in [2.75, 3.05) is 11.9 Å². The van der Waals surface area contributed by atoms with Gasteiger partial charge in [-0.25, -0.2) is 4.79 Å². The number of rotatable bonds is 7. The largest absolute Gasteiger partial charge is 0.465 e. The van der Waals surface area contributed by atoms with Crippen molar-refractivity contribution in [1.29, 1.82) is 0 Å². The summed E-state index contributed by atoms with van der Waals surface area (Å²) in [6.45, 7) is 2.41. The smallest absolute Gasteiger partial charge is 0.404 e. The highest BCUT2D eigenvalue weighted by Gasteiger charge is 2.28. The molecule has 2 aromatic carbocycles. The second kappa shape index (κ2) is 10.3. The molecule has 3 amide bonds. The Kier molecular flexibility index (Phi) is 7.49. The molecular formula is C22H25ClN4O4. The molecule has 31 heavy (non-hydrogen) atoms. The lowest BCUT2D eigenvalue weighted by atomic mass is 9.95. The minimum Gasteiger partial charge on any atom is -0.465 e. The van der Waals surface area contributed by atoms with Gasteiger partial charge in [0.2, 0.25) is 11.8 Å². The van der Waals surface area contributed by atoms with Gasteiger partial charge in [0.1, 0.15) is 6.04 Å². The minimum absolute atomic E-state index is 0.0221. The summed E-state index contributed by atoms with van der Waals surface area (Å²) < 4.78 is 0. The Hall–Kier alpha value is -3.10. The SMILES string of the molecule is Cc1cc(NC(=O)C(CCNC(=O)O)NC(=O)C2Cc3ccccc3CN2)ccc1Cl. The monoisotopic (exact) mass is 444 g/mol. The molecule has 0 bridgehead atoms. The van der Waals surface area contributed by atoms with Gasteiger partial charge in [0.05, 0.1) is 6.04 Å². The number of hydrogen-bond donors (Lipinski definition) is 5. The maximum Gasteiger partial charge on any atom is 0.404 e. The van der Waals surface area contributed by atoms with E-state index in [1.807, 2.05) is 31.2 Å². The summed E-state index contributed by atoms with van der Waals surface area (Å²) in [6.07, 6.45) is -0.566. The van der Waals surface area contributed by atoms with Crippen LogP contribution in [0.15, 0.2) is 42.5 Å². The van der Waals surface area contributed by atoms with Crippen LogP contribution in [0.5, 0.6) is 0 Å². The van der Waals surface area contributed by atoms with Gasteiger partial charge in [0.15, 0.2) is 0 Å². The molecule has 8 nitrogen and oxygen atoms in total. The highest BCUT2D eigenvalue weighted by atomic mass is 35.5. The summed E-state index contributed by atoms with van der Waals surface area (Å²) in [6, 6.07) is 11.6. The summed E-state index contributed by atoms with van der Waals surface area (Å²) in [7, 11) is 0. The molecule has 0 saturated carbocycles. The molecule has 9 heteroatoms. The van der Waals surface area contributed by atoms with Crippen molar-refractivity contribution in [3.05, 3.63) is 64.2 Å². The van der Waals surface area contributed by atoms with Crippen molar-refractivity contribution >= 4 is 35.2 Å². The molecule has 2 atom stereocenters. The van der Waals surface area contributed by atoms with Gasteiger partial charge in [-0.1, -0.05) is 35.9 Å². The van der Waals surface area contributed by atoms with Crippen molar-refractivity contribution in [3.63, 3.8) is 0 Å². The third-order valence-electron chi connectivity index (χ3n) is 5.17. The summed E-state index contributed by atoms with van der Waals surface area (Å²) in [4.78, 5) is 36.5. The fourth-order valence-electron chi connectivity index (χ4n) is 3.46. The van der Waals surface area contributed by atoms with Gasteiger partial charge in [0.25, 0.3) is 0 Å². The van der Waals surface area contributed by atoms with Crippen molar-refractivity contribution in [2.45, 2.75) is 38.4 Å². The van der Waals surface area contributed by atoms with Gasteiger partial charge in [-0.3, -0.25) is 9.59 Å². The second-order valence-corrected chi connectivity index (χ2v) is 7.85. The molecule has 0 aromatic heterocycles. The van der Waals surface area contributed by atoms with E-state index in [-0.39, 0.29) is 18.9 Å². The van der Waals surface area contributed by atoms with Crippen LogP contribution < -0.4 is 21.3 Å². The number of benzene rings is 2. The number of carboxylic acid groups (broad SMARTS) is 1. The third-order valence-corrected chi connectivity index (χ3v) is 5.59. The molecule has 0 saturated heterocycles. The van der Waals surface area contributed by atoms with Gasteiger partial charge < -0.3 is 26.4 Å². The summed E-state index contributed by atoms with van der Waals surface area (Å²) in [5.41, 5.74) is 3.58. The molecule has 0 spiro atoms. The van der Waals surface area contributed by atoms with Crippen LogP contribution in [-0.4, -0.2) is 41.6 Å². The zero-order chi connectivity index (χ0) is 22.4. The van der Waals surface area contributed by atoms with E-state index in [4.69, 9.17) is 16.7 Å². The molecule has 3 rings (SSSR count). The quantitative estimate of drug-likeness (QED) is 0.449. The van der Waals surface area contributed by atoms with Crippen LogP contribution in [0.3, 0.4) is 0 Å². The van der Waals surface area contributed by atoms with Crippen molar-refractivity contribution in [2.24, 2.45) is 0 Å². The molecule has 1 aliphatic rings. The van der Waals surface area contributed by atoms with E-state index in [1.54, 1.807) is 18.2 Å². The average Bonchev–Trinajstić information content (AvgIpc) is 2.75. The first kappa shape index (κ1) is 22.6. The van der Waals surface area contributed by atoms with Crippen molar-refractivity contribution in [1.82, 2.24) is 16.0 Å². The van der Waals surface area contributed by atoms with Crippen molar-refractivity contribution < 1.29 is 19.5 Å². The van der Waals surface area contributed by atoms with E-state index in [0.29, 0.717) is 23.7 Å². The number of nitrogens with one attached hydrogen (secondary N) is 4. The van der Waals surface area contributed by atoms with Crippen molar-refractivity contribution in [3.8, 4) is 0 Å².